The summed E-state index contributed by atoms with van der Waals surface area (Å²) in [7, 11) is 4.56. The molecule has 0 saturated carbocycles. The maximum atomic E-state index is 13.5. The van der Waals surface area contributed by atoms with Gasteiger partial charge in [0, 0.05) is 27.2 Å². The van der Waals surface area contributed by atoms with Crippen molar-refractivity contribution in [3.8, 4) is 17.2 Å². The van der Waals surface area contributed by atoms with Crippen LogP contribution in [0.1, 0.15) is 28.4 Å². The summed E-state index contributed by atoms with van der Waals surface area (Å²) in [6, 6.07) is 24.3. The van der Waals surface area contributed by atoms with Crippen molar-refractivity contribution in [3.63, 3.8) is 0 Å². The van der Waals surface area contributed by atoms with Crippen LogP contribution < -0.4 is 30.2 Å². The summed E-state index contributed by atoms with van der Waals surface area (Å²) >= 11 is 7.54. The first kappa shape index (κ1) is 34.0. The van der Waals surface area contributed by atoms with Crippen LogP contribution in [0.25, 0.3) is 6.08 Å². The molecule has 0 radical (unpaired) electrons. The minimum Gasteiger partial charge on any atom is -0.495 e. The van der Waals surface area contributed by atoms with Gasteiger partial charge in [-0.05, 0) is 85.6 Å². The second-order valence-corrected chi connectivity index (χ2v) is 11.8. The molecule has 4 aromatic rings. The number of ether oxygens (including phenoxy) is 3. The molecular weight excluding hydrogens is 626 g/mol. The molecule has 0 bridgehead atoms. The standard InChI is InChI=1S/C35H34ClN3O6S/c1-21-17-28(31(44-4)20-27(21)36)38-33(40)22(2)46-26-14-12-25(13-15-26)37-35(42)29(39-34(41)24-9-7-6-8-10-24)18-23-11-16-30(43-3)32(19-23)45-5/h6-20,22H,1-5H3,(H,37,42)(H,38,40)(H,39,41)/b29-18-. The molecule has 4 rings (SSSR count). The van der Waals surface area contributed by atoms with E-state index in [2.05, 4.69) is 16.0 Å². The van der Waals surface area contributed by atoms with Crippen molar-refractivity contribution >= 4 is 58.5 Å². The van der Waals surface area contributed by atoms with Gasteiger partial charge in [0.25, 0.3) is 11.8 Å². The molecule has 0 spiro atoms. The summed E-state index contributed by atoms with van der Waals surface area (Å²) < 4.78 is 16.1. The predicted molar refractivity (Wildman–Crippen MR) is 183 cm³/mol. The van der Waals surface area contributed by atoms with Gasteiger partial charge in [-0.15, -0.1) is 11.8 Å². The van der Waals surface area contributed by atoms with Crippen molar-refractivity contribution in [2.24, 2.45) is 0 Å². The zero-order valence-electron chi connectivity index (χ0n) is 26.0. The van der Waals surface area contributed by atoms with Crippen LogP contribution in [0.5, 0.6) is 17.2 Å². The van der Waals surface area contributed by atoms with E-state index in [1.165, 1.54) is 33.1 Å². The highest BCUT2D eigenvalue weighted by Gasteiger charge is 2.19. The molecule has 0 aliphatic carbocycles. The molecule has 9 nitrogen and oxygen atoms in total. The number of nitrogens with one attached hydrogen (secondary N) is 3. The number of methoxy groups -OCH3 is 3. The molecule has 46 heavy (non-hydrogen) atoms. The fourth-order valence-electron chi connectivity index (χ4n) is 4.29. The van der Waals surface area contributed by atoms with Crippen LogP contribution in [0.3, 0.4) is 0 Å². The van der Waals surface area contributed by atoms with Gasteiger partial charge in [-0.25, -0.2) is 0 Å². The summed E-state index contributed by atoms with van der Waals surface area (Å²) in [6.07, 6.45) is 1.56. The highest BCUT2D eigenvalue weighted by atomic mass is 35.5. The predicted octanol–water partition coefficient (Wildman–Crippen LogP) is 7.20. The zero-order valence-corrected chi connectivity index (χ0v) is 27.5. The van der Waals surface area contributed by atoms with Gasteiger partial charge in [0.1, 0.15) is 11.4 Å². The molecule has 11 heteroatoms. The smallest absolute Gasteiger partial charge is 0.272 e. The monoisotopic (exact) mass is 659 g/mol. The lowest BCUT2D eigenvalue weighted by molar-refractivity contribution is -0.115. The Hall–Kier alpha value is -4.93. The Morgan fingerprint density at radius 1 is 0.804 bits per heavy atom. The van der Waals surface area contributed by atoms with Crippen LogP contribution >= 0.6 is 23.4 Å². The lowest BCUT2D eigenvalue weighted by Gasteiger charge is -2.16. The van der Waals surface area contributed by atoms with Gasteiger partial charge in [-0.3, -0.25) is 14.4 Å². The van der Waals surface area contributed by atoms with Gasteiger partial charge in [0.05, 0.1) is 32.3 Å². The Morgan fingerprint density at radius 3 is 2.13 bits per heavy atom. The molecule has 1 atom stereocenters. The quantitative estimate of drug-likeness (QED) is 0.109. The third-order valence-electron chi connectivity index (χ3n) is 6.78. The van der Waals surface area contributed by atoms with E-state index >= 15 is 0 Å². The van der Waals surface area contributed by atoms with Gasteiger partial charge in [-0.2, -0.15) is 0 Å². The van der Waals surface area contributed by atoms with Gasteiger partial charge in [0.15, 0.2) is 11.5 Å². The molecule has 0 aliphatic rings. The van der Waals surface area contributed by atoms with E-state index in [1.807, 2.05) is 6.92 Å². The first-order chi connectivity index (χ1) is 22.1. The minimum absolute atomic E-state index is 0.0256. The molecular formula is C35H34ClN3O6S. The molecule has 3 N–H and O–H groups in total. The Labute approximate surface area is 277 Å². The summed E-state index contributed by atoms with van der Waals surface area (Å²) in [4.78, 5) is 40.2. The Kier molecular flexibility index (Phi) is 11.7. The van der Waals surface area contributed by atoms with E-state index < -0.39 is 17.1 Å². The van der Waals surface area contributed by atoms with Crippen molar-refractivity contribution < 1.29 is 28.6 Å². The molecule has 238 valence electrons. The Bertz CT molecular complexity index is 1750. The van der Waals surface area contributed by atoms with E-state index in [0.29, 0.717) is 44.8 Å². The van der Waals surface area contributed by atoms with Crippen molar-refractivity contribution in [3.05, 3.63) is 112 Å². The van der Waals surface area contributed by atoms with E-state index in [4.69, 9.17) is 25.8 Å². The summed E-state index contributed by atoms with van der Waals surface area (Å²) in [6.45, 7) is 3.65. The van der Waals surface area contributed by atoms with Crippen LogP contribution in [-0.2, 0) is 9.59 Å². The molecule has 0 aromatic heterocycles. The maximum absolute atomic E-state index is 13.5. The highest BCUT2D eigenvalue weighted by Crippen LogP contribution is 2.33. The van der Waals surface area contributed by atoms with Crippen LogP contribution in [0.15, 0.2) is 95.5 Å². The average molecular weight is 660 g/mol. The van der Waals surface area contributed by atoms with Crippen LogP contribution in [0.4, 0.5) is 11.4 Å². The molecule has 0 aliphatic heterocycles. The van der Waals surface area contributed by atoms with Crippen LogP contribution in [0, 0.1) is 6.92 Å². The van der Waals surface area contributed by atoms with Crippen molar-refractivity contribution in [1.82, 2.24) is 5.32 Å². The van der Waals surface area contributed by atoms with Crippen molar-refractivity contribution in [2.75, 3.05) is 32.0 Å². The highest BCUT2D eigenvalue weighted by molar-refractivity contribution is 8.00. The molecule has 0 heterocycles. The molecule has 0 saturated heterocycles. The minimum atomic E-state index is -0.528. The first-order valence-corrected chi connectivity index (χ1v) is 15.4. The van der Waals surface area contributed by atoms with E-state index in [-0.39, 0.29) is 11.6 Å². The Morgan fingerprint density at radius 2 is 1.48 bits per heavy atom. The number of carbonyl (C=O) groups excluding carboxylic acids is 3. The van der Waals surface area contributed by atoms with Gasteiger partial charge >= 0.3 is 0 Å². The second-order valence-electron chi connectivity index (χ2n) is 10.0. The van der Waals surface area contributed by atoms with E-state index in [0.717, 1.165) is 10.5 Å². The molecule has 3 amide bonds. The van der Waals surface area contributed by atoms with Gasteiger partial charge in [-0.1, -0.05) is 35.9 Å². The number of halogens is 1. The maximum Gasteiger partial charge on any atom is 0.272 e. The number of rotatable bonds is 12. The van der Waals surface area contributed by atoms with Gasteiger partial charge < -0.3 is 30.2 Å². The molecule has 0 fully saturated rings. The summed E-state index contributed by atoms with van der Waals surface area (Å²) in [5, 5.41) is 8.58. The SMILES string of the molecule is COc1cc(Cl)c(C)cc1NC(=O)C(C)Sc1ccc(NC(=O)/C(=C/c2ccc(OC)c(OC)c2)NC(=O)c2ccccc2)cc1. The zero-order chi connectivity index (χ0) is 33.2. The van der Waals surface area contributed by atoms with E-state index in [9.17, 15) is 14.4 Å². The molecule has 4 aromatic carbocycles. The number of aryl methyl sites for hydroxylation is 1. The van der Waals surface area contributed by atoms with Crippen LogP contribution in [-0.4, -0.2) is 44.3 Å². The van der Waals surface area contributed by atoms with E-state index in [1.54, 1.807) is 97.9 Å². The largest absolute Gasteiger partial charge is 0.495 e. The fourth-order valence-corrected chi connectivity index (χ4v) is 5.31. The van der Waals surface area contributed by atoms with Crippen molar-refractivity contribution in [2.45, 2.75) is 24.0 Å². The second kappa shape index (κ2) is 15.9. The number of benzene rings is 4. The Balaban J connectivity index is 1.47. The lowest BCUT2D eigenvalue weighted by Crippen LogP contribution is -2.30. The van der Waals surface area contributed by atoms with Gasteiger partial charge in [0.2, 0.25) is 5.91 Å². The fraction of sp³-hybridized carbons (Fsp3) is 0.171. The van der Waals surface area contributed by atoms with Crippen LogP contribution in [0.2, 0.25) is 5.02 Å². The lowest BCUT2D eigenvalue weighted by atomic mass is 10.1. The summed E-state index contributed by atoms with van der Waals surface area (Å²) in [5.74, 6) is 0.307. The number of anilines is 2. The number of amides is 3. The number of thioether (sulfide) groups is 1. The number of carbonyl (C=O) groups is 3. The first-order valence-electron chi connectivity index (χ1n) is 14.1. The topological polar surface area (TPSA) is 115 Å². The normalized spacial score (nSPS) is 11.7. The summed E-state index contributed by atoms with van der Waals surface area (Å²) in [5.41, 5.74) is 2.89. The number of hydrogen-bond acceptors (Lipinski definition) is 7. The number of hydrogen-bond donors (Lipinski definition) is 3. The average Bonchev–Trinajstić information content (AvgIpc) is 3.06. The van der Waals surface area contributed by atoms with Crippen molar-refractivity contribution in [1.29, 1.82) is 0 Å². The molecule has 1 unspecified atom stereocenters. The third kappa shape index (κ3) is 8.83. The third-order valence-corrected chi connectivity index (χ3v) is 8.30.